The van der Waals surface area contributed by atoms with Crippen molar-refractivity contribution in [2.45, 2.75) is 31.2 Å². The second kappa shape index (κ2) is 9.03. The first-order valence-electron chi connectivity index (χ1n) is 10.4. The monoisotopic (exact) mass is 438 g/mol. The van der Waals surface area contributed by atoms with Gasteiger partial charge in [-0.25, -0.2) is 13.4 Å². The zero-order valence-electron chi connectivity index (χ0n) is 17.4. The van der Waals surface area contributed by atoms with Crippen molar-refractivity contribution in [1.82, 2.24) is 19.2 Å². The molecule has 1 atom stereocenters. The lowest BCUT2D eigenvalue weighted by Gasteiger charge is -2.31. The number of nitrogens with zero attached hydrogens (tertiary/aromatic N) is 3. The Kier molecular flexibility index (Phi) is 6.20. The van der Waals surface area contributed by atoms with Gasteiger partial charge in [-0.3, -0.25) is 4.79 Å². The average molecular weight is 439 g/mol. The first-order chi connectivity index (χ1) is 14.9. The van der Waals surface area contributed by atoms with Crippen LogP contribution in [-0.2, 0) is 21.4 Å². The fourth-order valence-electron chi connectivity index (χ4n) is 3.77. The molecule has 1 aliphatic rings. The number of amides is 1. The highest BCUT2D eigenvalue weighted by Crippen LogP contribution is 2.24. The SMILES string of the molecule is Cc1ccc(S(=O)(=O)N2CCCC(C(=O)NCc3ccc(-n4ccnc4)cc3)C2)cc1. The Morgan fingerprint density at radius 3 is 2.55 bits per heavy atom. The van der Waals surface area contributed by atoms with E-state index in [-0.39, 0.29) is 23.3 Å². The topological polar surface area (TPSA) is 84.3 Å². The zero-order chi connectivity index (χ0) is 21.8. The third kappa shape index (κ3) is 4.86. The summed E-state index contributed by atoms with van der Waals surface area (Å²) in [5.41, 5.74) is 2.99. The van der Waals surface area contributed by atoms with E-state index in [0.29, 0.717) is 25.9 Å². The smallest absolute Gasteiger partial charge is 0.243 e. The molecule has 0 aliphatic carbocycles. The molecule has 1 unspecified atom stereocenters. The summed E-state index contributed by atoms with van der Waals surface area (Å²) in [6.07, 6.45) is 6.68. The number of aryl methyl sites for hydroxylation is 1. The summed E-state index contributed by atoms with van der Waals surface area (Å²) in [5.74, 6) is -0.457. The van der Waals surface area contributed by atoms with Crippen LogP contribution in [0.2, 0.25) is 0 Å². The fourth-order valence-corrected chi connectivity index (χ4v) is 5.29. The fraction of sp³-hybridized carbons (Fsp3) is 0.304. The van der Waals surface area contributed by atoms with Crippen LogP contribution in [-0.4, -0.2) is 41.3 Å². The van der Waals surface area contributed by atoms with E-state index in [1.807, 2.05) is 42.0 Å². The Balaban J connectivity index is 1.36. The third-order valence-electron chi connectivity index (χ3n) is 5.62. The molecule has 1 N–H and O–H groups in total. The zero-order valence-corrected chi connectivity index (χ0v) is 18.3. The Hall–Kier alpha value is -2.97. The first-order valence-corrected chi connectivity index (χ1v) is 11.8. The molecule has 1 aliphatic heterocycles. The molecule has 1 amide bonds. The van der Waals surface area contributed by atoms with Crippen molar-refractivity contribution in [2.24, 2.45) is 5.92 Å². The molecule has 162 valence electrons. The lowest BCUT2D eigenvalue weighted by atomic mass is 9.99. The second-order valence-corrected chi connectivity index (χ2v) is 9.81. The molecule has 2 aromatic carbocycles. The Morgan fingerprint density at radius 1 is 1.13 bits per heavy atom. The summed E-state index contributed by atoms with van der Waals surface area (Å²) in [4.78, 5) is 17.0. The molecule has 7 nitrogen and oxygen atoms in total. The quantitative estimate of drug-likeness (QED) is 0.641. The summed E-state index contributed by atoms with van der Waals surface area (Å²) in [5, 5.41) is 2.96. The van der Waals surface area contributed by atoms with E-state index in [4.69, 9.17) is 0 Å². The highest BCUT2D eigenvalue weighted by Gasteiger charge is 2.33. The molecule has 0 spiro atoms. The average Bonchev–Trinajstić information content (AvgIpc) is 3.33. The van der Waals surface area contributed by atoms with Crippen molar-refractivity contribution < 1.29 is 13.2 Å². The van der Waals surface area contributed by atoms with Gasteiger partial charge < -0.3 is 9.88 Å². The van der Waals surface area contributed by atoms with Gasteiger partial charge in [-0.15, -0.1) is 0 Å². The summed E-state index contributed by atoms with van der Waals surface area (Å²) in [6, 6.07) is 14.7. The molecule has 1 aromatic heterocycles. The van der Waals surface area contributed by atoms with E-state index in [0.717, 1.165) is 16.8 Å². The van der Waals surface area contributed by atoms with Gasteiger partial charge in [0, 0.05) is 37.7 Å². The normalized spacial score (nSPS) is 17.4. The number of hydrogen-bond acceptors (Lipinski definition) is 4. The van der Waals surface area contributed by atoms with Gasteiger partial charge in [0.1, 0.15) is 0 Å². The van der Waals surface area contributed by atoms with Gasteiger partial charge in [0.05, 0.1) is 17.1 Å². The van der Waals surface area contributed by atoms with Crippen LogP contribution < -0.4 is 5.32 Å². The number of aromatic nitrogens is 2. The molecular formula is C23H26N4O3S. The van der Waals surface area contributed by atoms with Gasteiger partial charge in [-0.1, -0.05) is 29.8 Å². The number of hydrogen-bond donors (Lipinski definition) is 1. The van der Waals surface area contributed by atoms with Gasteiger partial charge in [0.25, 0.3) is 0 Å². The molecule has 0 radical (unpaired) electrons. The maximum Gasteiger partial charge on any atom is 0.243 e. The van der Waals surface area contributed by atoms with E-state index in [2.05, 4.69) is 10.3 Å². The molecule has 31 heavy (non-hydrogen) atoms. The van der Waals surface area contributed by atoms with Crippen molar-refractivity contribution in [1.29, 1.82) is 0 Å². The number of piperidine rings is 1. The minimum absolute atomic E-state index is 0.109. The summed E-state index contributed by atoms with van der Waals surface area (Å²) < 4.78 is 29.3. The van der Waals surface area contributed by atoms with Crippen LogP contribution in [0, 0.1) is 12.8 Å². The van der Waals surface area contributed by atoms with Crippen molar-refractivity contribution in [3.05, 3.63) is 78.4 Å². The largest absolute Gasteiger partial charge is 0.352 e. The van der Waals surface area contributed by atoms with E-state index >= 15 is 0 Å². The number of sulfonamides is 1. The third-order valence-corrected chi connectivity index (χ3v) is 7.50. The highest BCUT2D eigenvalue weighted by atomic mass is 32.2. The lowest BCUT2D eigenvalue weighted by Crippen LogP contribution is -2.45. The molecule has 4 rings (SSSR count). The maximum absolute atomic E-state index is 13.0. The maximum atomic E-state index is 13.0. The van der Waals surface area contributed by atoms with Gasteiger partial charge >= 0.3 is 0 Å². The summed E-state index contributed by atoms with van der Waals surface area (Å²) in [6.45, 7) is 2.98. The molecule has 0 saturated carbocycles. The van der Waals surface area contributed by atoms with Crippen LogP contribution in [0.1, 0.15) is 24.0 Å². The lowest BCUT2D eigenvalue weighted by molar-refractivity contribution is -0.126. The van der Waals surface area contributed by atoms with Crippen LogP contribution >= 0.6 is 0 Å². The van der Waals surface area contributed by atoms with Gasteiger partial charge in [0.2, 0.25) is 15.9 Å². The van der Waals surface area contributed by atoms with Crippen molar-refractivity contribution in [3.8, 4) is 5.69 Å². The van der Waals surface area contributed by atoms with E-state index < -0.39 is 10.0 Å². The summed E-state index contributed by atoms with van der Waals surface area (Å²) >= 11 is 0. The second-order valence-electron chi connectivity index (χ2n) is 7.87. The van der Waals surface area contributed by atoms with Crippen LogP contribution in [0.3, 0.4) is 0 Å². The molecule has 3 aromatic rings. The number of nitrogens with one attached hydrogen (secondary N) is 1. The van der Waals surface area contributed by atoms with Crippen LogP contribution in [0.15, 0.2) is 72.1 Å². The molecule has 0 bridgehead atoms. The summed E-state index contributed by atoms with van der Waals surface area (Å²) in [7, 11) is -3.59. The van der Waals surface area contributed by atoms with E-state index in [9.17, 15) is 13.2 Å². The van der Waals surface area contributed by atoms with Gasteiger partial charge in [-0.2, -0.15) is 4.31 Å². The minimum atomic E-state index is -3.59. The van der Waals surface area contributed by atoms with Crippen molar-refractivity contribution >= 4 is 15.9 Å². The predicted octanol–water partition coefficient (Wildman–Crippen LogP) is 2.90. The standard InChI is InChI=1S/C23H26N4O3S/c1-18-4-10-22(11-5-18)31(29,30)27-13-2-3-20(16-27)23(28)25-15-19-6-8-21(9-7-19)26-14-12-24-17-26/h4-12,14,17,20H,2-3,13,15-16H2,1H3,(H,25,28). The van der Waals surface area contributed by atoms with Crippen LogP contribution in [0.5, 0.6) is 0 Å². The number of carbonyl (C=O) groups excluding carboxylic acids is 1. The minimum Gasteiger partial charge on any atom is -0.352 e. The molecule has 1 saturated heterocycles. The Morgan fingerprint density at radius 2 is 1.87 bits per heavy atom. The van der Waals surface area contributed by atoms with E-state index in [1.54, 1.807) is 36.8 Å². The van der Waals surface area contributed by atoms with Crippen molar-refractivity contribution in [3.63, 3.8) is 0 Å². The van der Waals surface area contributed by atoms with Crippen LogP contribution in [0.25, 0.3) is 5.69 Å². The molecule has 8 heteroatoms. The van der Waals surface area contributed by atoms with Crippen LogP contribution in [0.4, 0.5) is 0 Å². The number of carbonyl (C=O) groups is 1. The number of imidazole rings is 1. The number of rotatable bonds is 6. The molecule has 1 fully saturated rings. The first kappa shape index (κ1) is 21.3. The Bertz CT molecular complexity index is 1120. The molecular weight excluding hydrogens is 412 g/mol. The van der Waals surface area contributed by atoms with Gasteiger partial charge in [0.15, 0.2) is 0 Å². The van der Waals surface area contributed by atoms with E-state index in [1.165, 1.54) is 4.31 Å². The van der Waals surface area contributed by atoms with Gasteiger partial charge in [-0.05, 0) is 49.6 Å². The van der Waals surface area contributed by atoms with Crippen molar-refractivity contribution in [2.75, 3.05) is 13.1 Å². The highest BCUT2D eigenvalue weighted by molar-refractivity contribution is 7.89. The number of benzene rings is 2. The molecule has 2 heterocycles. The Labute approximate surface area is 182 Å². The predicted molar refractivity (Wildman–Crippen MR) is 118 cm³/mol.